The molecule has 0 bridgehead atoms. The van der Waals surface area contributed by atoms with Crippen molar-refractivity contribution in [2.75, 3.05) is 6.61 Å². The molecule has 0 spiro atoms. The number of ether oxygens (including phenoxy) is 3. The minimum Gasteiger partial charge on any atom is -0.331 e. The summed E-state index contributed by atoms with van der Waals surface area (Å²) >= 11 is -0.694. The van der Waals surface area contributed by atoms with Crippen molar-refractivity contribution in [2.45, 2.75) is 98.6 Å². The lowest BCUT2D eigenvalue weighted by Gasteiger charge is -2.37. The normalized spacial score (nSPS) is 16.7. The molecular formula is C27H4F51IO26S10. The topological polar surface area (TPSA) is 424 Å². The SMILES string of the molecule is FC(F)(F)C1(F)CO1.FC(F)=C(F)F.O=C(C(F)(F)S(=O)(=O)F)C(F)(F)S(=O)(=O)F.O=CC(C(F)(F)F)(C(F)(F)S(=O)(=O)F)C(F)(F)S(=O)(=O)F.O=CC(F)(F)OC(F)(C(F)(F)S(=O)(=O)F)C(F)(F)S(=O)(=O)F.O=S(=O)(F)C(F)(F)C(=C(F)F)C(F)(F)S(=O)(=O)F.O=S(=O)(F)C(F)(F)C(F)(OC(F)(F)C(F)(F)I)C(F)(F)S(=O)(=O)F. The number of ketones is 1. The van der Waals surface area contributed by atoms with Crippen LogP contribution in [0.5, 0.6) is 0 Å². The molecular weight excluding hydrogens is 2160 g/mol. The standard InChI is InChI=1S/C5F11IO5S2.C5HF9O6S2.C5HF9O5S2.C4F8O4S2.C3F6O5S2.C3H2F4O.C2F4/c6-1(4(11,12)23(15,18)19,5(13,14)24(16,20)21)22-3(9,10)2(7,8)17;6-2(7,1-15)20-3(8,4(9,10)21(13,16)17)5(11,12)22(14,18)19;6-3(7,8)2(1-15,4(9,10)20(13,16)17)5(11,12)21(14,18)19;5-2(6)1(3(7,8)17(11,13)14)4(9,10)18(12,15)16;4-2(5,15(8,11)12)1(10)3(6,7)16(9,13)14;4-2(1-8-2)3(5,6)7;3-1(4)2(5)6/h;1H;1H;;;1H2;. The van der Waals surface area contributed by atoms with Crippen molar-refractivity contribution in [2.24, 2.45) is 5.41 Å². The maximum Gasteiger partial charge on any atom is 0.450 e. The number of aldehydes is 2. The minimum atomic E-state index is -8.05. The van der Waals surface area contributed by atoms with Gasteiger partial charge in [0.1, 0.15) is 12.9 Å². The molecule has 1 aliphatic heterocycles. The summed E-state index contributed by atoms with van der Waals surface area (Å²) < 4.78 is 821. The van der Waals surface area contributed by atoms with Crippen LogP contribution in [-0.4, -0.2) is 208 Å². The maximum atomic E-state index is 13.6. The van der Waals surface area contributed by atoms with E-state index in [1.54, 1.807) is 4.74 Å². The Balaban J connectivity index is -0.000000310. The molecule has 0 N–H and O–H groups in total. The Bertz CT molecular complexity index is 4570. The first kappa shape index (κ1) is 121. The third-order valence-corrected chi connectivity index (χ3v) is 18.6. The number of epoxide rings is 1. The zero-order valence-corrected chi connectivity index (χ0v) is 58.5. The van der Waals surface area contributed by atoms with Gasteiger partial charge in [-0.25, -0.2) is 0 Å². The molecule has 0 radical (unpaired) electrons. The first-order valence-electron chi connectivity index (χ1n) is 21.5. The Kier molecular flexibility index (Phi) is 37.0. The van der Waals surface area contributed by atoms with Gasteiger partial charge in [0.15, 0.2) is 5.57 Å². The van der Waals surface area contributed by atoms with Gasteiger partial charge in [-0.1, -0.05) is 38.9 Å². The first-order chi connectivity index (χ1) is 48.4. The van der Waals surface area contributed by atoms with Crippen LogP contribution in [0.25, 0.3) is 0 Å². The molecule has 0 aromatic rings. The van der Waals surface area contributed by atoms with E-state index in [0.717, 1.165) is 0 Å². The van der Waals surface area contributed by atoms with Gasteiger partial charge in [-0.3, -0.25) is 19.1 Å². The Labute approximate surface area is 607 Å². The van der Waals surface area contributed by atoms with Gasteiger partial charge < -0.3 is 9.53 Å². The third kappa shape index (κ3) is 25.6. The molecule has 1 aliphatic rings. The molecule has 0 amide bonds. The molecule has 692 valence electrons. The second-order valence-corrected chi connectivity index (χ2v) is 32.3. The lowest BCUT2D eigenvalue weighted by Crippen LogP contribution is -2.67. The highest BCUT2D eigenvalue weighted by Crippen LogP contribution is 2.62. The monoisotopic (exact) mass is 2160 g/mol. The number of alkyl halides is 36. The van der Waals surface area contributed by atoms with Crippen LogP contribution in [0.4, 0.5) is 219 Å². The number of hydrogen-bond donors (Lipinski definition) is 0. The quantitative estimate of drug-likeness (QED) is 0.0184. The fourth-order valence-corrected chi connectivity index (χ4v) is 9.31. The van der Waals surface area contributed by atoms with Crippen molar-refractivity contribution < 1.29 is 332 Å². The number of carbonyl (C=O) groups is 3. The molecule has 88 heteroatoms. The summed E-state index contributed by atoms with van der Waals surface area (Å²) in [6.45, 7) is -0.851. The van der Waals surface area contributed by atoms with Crippen LogP contribution in [0.2, 0.25) is 0 Å². The van der Waals surface area contributed by atoms with E-state index in [4.69, 9.17) is 0 Å². The summed E-state index contributed by atoms with van der Waals surface area (Å²) in [5.41, 5.74) is -11.3. The van der Waals surface area contributed by atoms with E-state index in [9.17, 15) is 317 Å². The second-order valence-electron chi connectivity index (χ2n) is 17.1. The molecule has 0 aromatic carbocycles. The summed E-state index contributed by atoms with van der Waals surface area (Å²) in [6.07, 6.45) is -39.6. The van der Waals surface area contributed by atoms with Crippen LogP contribution >= 0.6 is 22.6 Å². The van der Waals surface area contributed by atoms with Crippen molar-refractivity contribution in [3.8, 4) is 0 Å². The van der Waals surface area contributed by atoms with E-state index < -0.39 is 278 Å². The third-order valence-electron chi connectivity index (χ3n) is 9.38. The Hall–Kier alpha value is -4.97. The smallest absolute Gasteiger partial charge is 0.331 e. The lowest BCUT2D eigenvalue weighted by molar-refractivity contribution is -0.429. The van der Waals surface area contributed by atoms with Crippen molar-refractivity contribution in [3.05, 3.63) is 23.8 Å². The Morgan fingerprint density at radius 2 is 0.522 bits per heavy atom. The highest BCUT2D eigenvalue weighted by atomic mass is 127. The van der Waals surface area contributed by atoms with Gasteiger partial charge in [0, 0.05) is 22.6 Å². The number of hydrogen-bond acceptors (Lipinski definition) is 26. The summed E-state index contributed by atoms with van der Waals surface area (Å²) in [7, 11) is -76.7. The fraction of sp³-hybridized carbons (Fsp3) is 0.741. The number of carbonyl (C=O) groups excluding carboxylic acids is 3. The van der Waals surface area contributed by atoms with Gasteiger partial charge in [-0.15, -0.1) is 0 Å². The molecule has 0 saturated carbocycles. The first-order valence-corrected chi connectivity index (χ1v) is 36.4. The number of halogens is 52. The van der Waals surface area contributed by atoms with Crippen LogP contribution < -0.4 is 0 Å². The average molecular weight is 2160 g/mol. The molecule has 0 aliphatic carbocycles. The van der Waals surface area contributed by atoms with Crippen molar-refractivity contribution in [3.63, 3.8) is 0 Å². The molecule has 1 atom stereocenters. The van der Waals surface area contributed by atoms with Crippen LogP contribution in [0.3, 0.4) is 0 Å². The highest BCUT2D eigenvalue weighted by molar-refractivity contribution is 14.1. The van der Waals surface area contributed by atoms with Crippen molar-refractivity contribution >= 4 is 143 Å². The molecule has 1 rings (SSSR count). The molecule has 1 unspecified atom stereocenters. The zero-order chi connectivity index (χ0) is 96.6. The van der Waals surface area contributed by atoms with Gasteiger partial charge in [-0.2, -0.15) is 264 Å². The van der Waals surface area contributed by atoms with E-state index in [-0.39, 0.29) is 0 Å². The van der Waals surface area contributed by atoms with Crippen LogP contribution in [0.15, 0.2) is 23.8 Å². The van der Waals surface area contributed by atoms with Gasteiger partial charge in [0.25, 0.3) is 11.5 Å². The number of Topliss-reactive ketones (excluding diaryl/α,β-unsaturated/α-hetero) is 1. The Morgan fingerprint density at radius 1 is 0.322 bits per heavy atom. The fourth-order valence-electron chi connectivity index (χ4n) is 3.99. The Morgan fingerprint density at radius 3 is 0.635 bits per heavy atom. The molecule has 115 heavy (non-hydrogen) atoms. The van der Waals surface area contributed by atoms with Gasteiger partial charge in [-0.05, 0) is 0 Å². The lowest BCUT2D eigenvalue weighted by atomic mass is 9.89. The van der Waals surface area contributed by atoms with Crippen molar-refractivity contribution in [1.29, 1.82) is 0 Å². The maximum absolute atomic E-state index is 13.6. The van der Waals surface area contributed by atoms with E-state index >= 15 is 0 Å². The van der Waals surface area contributed by atoms with Crippen LogP contribution in [-0.2, 0) is 131 Å². The molecule has 1 saturated heterocycles. The largest absolute Gasteiger partial charge is 0.450 e. The van der Waals surface area contributed by atoms with E-state index in [0.29, 0.717) is 0 Å². The second kappa shape index (κ2) is 35.2. The molecule has 1 fully saturated rings. The molecule has 26 nitrogen and oxygen atoms in total. The van der Waals surface area contributed by atoms with Gasteiger partial charge >= 0.3 is 219 Å². The van der Waals surface area contributed by atoms with E-state index in [1.165, 1.54) is 0 Å². The average Bonchev–Trinajstić information content (AvgIpc) is 0.808. The summed E-state index contributed by atoms with van der Waals surface area (Å²) in [6, 6.07) is 0. The van der Waals surface area contributed by atoms with Gasteiger partial charge in [0.2, 0.25) is 6.29 Å². The summed E-state index contributed by atoms with van der Waals surface area (Å²) in [5, 5.41) is -70.5. The summed E-state index contributed by atoms with van der Waals surface area (Å²) in [4.78, 5) is 29.8. The van der Waals surface area contributed by atoms with Gasteiger partial charge in [0.05, 0.1) is 0 Å². The minimum absolute atomic E-state index is 0.694. The number of rotatable bonds is 27. The van der Waals surface area contributed by atoms with Crippen molar-refractivity contribution in [1.82, 2.24) is 0 Å². The van der Waals surface area contributed by atoms with E-state index in [2.05, 4.69) is 4.74 Å². The predicted octanol–water partition coefficient (Wildman–Crippen LogP) is 11.3. The summed E-state index contributed by atoms with van der Waals surface area (Å²) in [5.74, 6) is -22.5. The van der Waals surface area contributed by atoms with Crippen LogP contribution in [0, 0.1) is 5.41 Å². The molecule has 1 heterocycles. The molecule has 0 aromatic heterocycles. The zero-order valence-electron chi connectivity index (χ0n) is 48.2. The van der Waals surface area contributed by atoms with Crippen LogP contribution in [0.1, 0.15) is 0 Å². The highest BCUT2D eigenvalue weighted by Gasteiger charge is 2.91. The van der Waals surface area contributed by atoms with E-state index in [1.807, 2.05) is 4.74 Å². The predicted molar refractivity (Wildman–Crippen MR) is 251 cm³/mol.